The number of hydrogen-bond acceptors (Lipinski definition) is 4. The van der Waals surface area contributed by atoms with Crippen molar-refractivity contribution >= 4 is 17.8 Å². The molecular weight excluding hydrogens is 483 g/mol. The average Bonchev–Trinajstić information content (AvgIpc) is 3.37. The lowest BCUT2D eigenvalue weighted by molar-refractivity contribution is 0.0650. The molecule has 192 valence electrons. The maximum atomic E-state index is 13.4. The molecule has 2 amide bonds. The molecule has 0 atom stereocenters. The van der Waals surface area contributed by atoms with Crippen LogP contribution in [0.15, 0.2) is 84.9 Å². The van der Waals surface area contributed by atoms with Gasteiger partial charge in [0.15, 0.2) is 0 Å². The predicted octanol–water partition coefficient (Wildman–Crippen LogP) is 5.63. The van der Waals surface area contributed by atoms with E-state index in [4.69, 9.17) is 4.74 Å². The third kappa shape index (κ3) is 5.13. The van der Waals surface area contributed by atoms with E-state index in [-0.39, 0.29) is 24.2 Å². The average molecular weight is 511 g/mol. The Morgan fingerprint density at radius 2 is 1.45 bits per heavy atom. The zero-order chi connectivity index (χ0) is 26.6. The summed E-state index contributed by atoms with van der Waals surface area (Å²) in [4.78, 5) is 39.8. The molecule has 1 aliphatic rings. The van der Waals surface area contributed by atoms with Crippen molar-refractivity contribution in [3.63, 3.8) is 0 Å². The molecule has 5 rings (SSSR count). The molecule has 0 saturated heterocycles. The Labute approximate surface area is 220 Å². The van der Waals surface area contributed by atoms with Crippen LogP contribution in [0.2, 0.25) is 0 Å². The summed E-state index contributed by atoms with van der Waals surface area (Å²) >= 11 is 0. The minimum atomic E-state index is -0.448. The second-order valence-electron chi connectivity index (χ2n) is 9.28. The fourth-order valence-corrected chi connectivity index (χ4v) is 4.84. The molecule has 0 saturated carbocycles. The van der Waals surface area contributed by atoms with Gasteiger partial charge in [-0.25, -0.2) is 9.18 Å². The van der Waals surface area contributed by atoms with Gasteiger partial charge in [0.2, 0.25) is 0 Å². The molecular formula is C31H27FN2O4. The van der Waals surface area contributed by atoms with Crippen LogP contribution in [0.25, 0.3) is 0 Å². The number of fused-ring (bicyclic) bond motifs is 1. The second-order valence-corrected chi connectivity index (χ2v) is 9.28. The van der Waals surface area contributed by atoms with Gasteiger partial charge in [0, 0.05) is 24.5 Å². The summed E-state index contributed by atoms with van der Waals surface area (Å²) in [5.41, 5.74) is 3.97. The molecule has 6 nitrogen and oxygen atoms in total. The van der Waals surface area contributed by atoms with E-state index in [1.165, 1.54) is 17.0 Å². The fourth-order valence-electron chi connectivity index (χ4n) is 4.84. The van der Waals surface area contributed by atoms with Crippen LogP contribution < -0.4 is 4.74 Å². The van der Waals surface area contributed by atoms with Crippen LogP contribution in [0, 0.1) is 12.7 Å². The number of carbonyl (C=O) groups is 3. The molecule has 0 aliphatic carbocycles. The minimum absolute atomic E-state index is 0.276. The highest BCUT2D eigenvalue weighted by atomic mass is 19.1. The second kappa shape index (κ2) is 10.8. The minimum Gasteiger partial charge on any atom is -0.423 e. The Morgan fingerprint density at radius 3 is 2.11 bits per heavy atom. The number of ether oxygens (including phenoxy) is 1. The summed E-state index contributed by atoms with van der Waals surface area (Å²) in [5, 5.41) is 0. The highest BCUT2D eigenvalue weighted by molar-refractivity contribution is 6.21. The van der Waals surface area contributed by atoms with E-state index >= 15 is 0 Å². The smallest absolute Gasteiger partial charge is 0.345 e. The number of para-hydroxylation sites is 1. The predicted molar refractivity (Wildman–Crippen MR) is 141 cm³/mol. The van der Waals surface area contributed by atoms with Crippen molar-refractivity contribution in [1.82, 2.24) is 9.47 Å². The lowest BCUT2D eigenvalue weighted by Gasteiger charge is -2.15. The number of carbonyl (C=O) groups excluding carboxylic acids is 3. The summed E-state index contributed by atoms with van der Waals surface area (Å²) in [5.74, 6) is -0.828. The zero-order valence-electron chi connectivity index (χ0n) is 21.0. The van der Waals surface area contributed by atoms with Crippen LogP contribution in [-0.4, -0.2) is 33.8 Å². The molecule has 4 aromatic rings. The van der Waals surface area contributed by atoms with E-state index in [1.54, 1.807) is 60.7 Å². The Hall–Kier alpha value is -4.52. The van der Waals surface area contributed by atoms with Gasteiger partial charge in [-0.15, -0.1) is 0 Å². The Bertz CT molecular complexity index is 1460. The number of nitrogens with zero attached hydrogens (tertiary/aromatic N) is 2. The van der Waals surface area contributed by atoms with Crippen LogP contribution in [0.1, 0.15) is 54.4 Å². The first-order valence-electron chi connectivity index (χ1n) is 12.6. The number of benzene rings is 3. The number of hydrogen-bond donors (Lipinski definition) is 0. The van der Waals surface area contributed by atoms with E-state index in [2.05, 4.69) is 4.57 Å². The first-order chi connectivity index (χ1) is 18.4. The first-order valence-corrected chi connectivity index (χ1v) is 12.6. The van der Waals surface area contributed by atoms with Gasteiger partial charge in [0.1, 0.15) is 11.6 Å². The zero-order valence-corrected chi connectivity index (χ0v) is 21.0. The number of esters is 1. The van der Waals surface area contributed by atoms with Gasteiger partial charge in [-0.3, -0.25) is 14.5 Å². The molecule has 2 heterocycles. The van der Waals surface area contributed by atoms with Crippen LogP contribution >= 0.6 is 0 Å². The van der Waals surface area contributed by atoms with Gasteiger partial charge < -0.3 is 9.30 Å². The number of aryl methyl sites for hydroxylation is 2. The topological polar surface area (TPSA) is 68.6 Å². The van der Waals surface area contributed by atoms with Gasteiger partial charge in [-0.1, -0.05) is 42.5 Å². The van der Waals surface area contributed by atoms with E-state index in [1.807, 2.05) is 19.1 Å². The standard InChI is InChI=1S/C31H27FN2O4/c1-21-28(31(37)38-25-9-3-2-4-10-25)20-24(33(21)19-17-22-13-15-23(32)16-14-22)8-7-18-34-29(35)26-11-5-6-12-27(26)30(34)36/h2-6,9-16,20H,7-8,17-19H2,1H3. The maximum Gasteiger partial charge on any atom is 0.345 e. The summed E-state index contributed by atoms with van der Waals surface area (Å²) in [6.45, 7) is 2.73. The molecule has 0 bridgehead atoms. The van der Waals surface area contributed by atoms with Gasteiger partial charge in [-0.2, -0.15) is 0 Å². The number of rotatable bonds is 9. The van der Waals surface area contributed by atoms with Crippen LogP contribution in [-0.2, 0) is 19.4 Å². The molecule has 0 N–H and O–H groups in total. The van der Waals surface area contributed by atoms with Crippen molar-refractivity contribution in [3.8, 4) is 5.75 Å². The molecule has 0 unspecified atom stereocenters. The van der Waals surface area contributed by atoms with Crippen LogP contribution in [0.5, 0.6) is 5.75 Å². The van der Waals surface area contributed by atoms with E-state index < -0.39 is 5.97 Å². The van der Waals surface area contributed by atoms with Crippen molar-refractivity contribution in [2.75, 3.05) is 6.54 Å². The molecule has 0 spiro atoms. The summed E-state index contributed by atoms with van der Waals surface area (Å²) in [6.07, 6.45) is 1.74. The number of halogens is 1. The van der Waals surface area contributed by atoms with Crippen molar-refractivity contribution in [2.45, 2.75) is 32.7 Å². The Morgan fingerprint density at radius 1 is 0.816 bits per heavy atom. The van der Waals surface area contributed by atoms with Crippen LogP contribution in [0.4, 0.5) is 4.39 Å². The molecule has 1 aliphatic heterocycles. The molecule has 0 radical (unpaired) electrons. The first kappa shape index (κ1) is 25.1. The van der Waals surface area contributed by atoms with Gasteiger partial charge in [-0.05, 0) is 74.2 Å². The van der Waals surface area contributed by atoms with Crippen LogP contribution in [0.3, 0.4) is 0 Å². The SMILES string of the molecule is Cc1c(C(=O)Oc2ccccc2)cc(CCCN2C(=O)c3ccccc3C2=O)n1CCc1ccc(F)cc1. The molecule has 3 aromatic carbocycles. The lowest BCUT2D eigenvalue weighted by atomic mass is 10.1. The van der Waals surface area contributed by atoms with Gasteiger partial charge >= 0.3 is 5.97 Å². The molecule has 7 heteroatoms. The molecule has 38 heavy (non-hydrogen) atoms. The van der Waals surface area contributed by atoms with Crippen molar-refractivity contribution in [3.05, 3.63) is 124 Å². The third-order valence-electron chi connectivity index (χ3n) is 6.86. The van der Waals surface area contributed by atoms with E-state index in [0.29, 0.717) is 48.2 Å². The molecule has 1 aromatic heterocycles. The van der Waals surface area contributed by atoms with Gasteiger partial charge in [0.05, 0.1) is 16.7 Å². The number of amides is 2. The quantitative estimate of drug-likeness (QED) is 0.166. The van der Waals surface area contributed by atoms with Crippen molar-refractivity contribution < 1.29 is 23.5 Å². The number of imide groups is 1. The fraction of sp³-hybridized carbons (Fsp3) is 0.194. The van der Waals surface area contributed by atoms with E-state index in [9.17, 15) is 18.8 Å². The summed E-state index contributed by atoms with van der Waals surface area (Å²) in [6, 6.07) is 23.9. The summed E-state index contributed by atoms with van der Waals surface area (Å²) in [7, 11) is 0. The van der Waals surface area contributed by atoms with Crippen molar-refractivity contribution in [2.24, 2.45) is 0 Å². The Kier molecular flexibility index (Phi) is 7.18. The number of aromatic nitrogens is 1. The van der Waals surface area contributed by atoms with Crippen molar-refractivity contribution in [1.29, 1.82) is 0 Å². The lowest BCUT2D eigenvalue weighted by Crippen LogP contribution is -2.31. The Balaban J connectivity index is 1.33. The molecule has 0 fully saturated rings. The van der Waals surface area contributed by atoms with E-state index in [0.717, 1.165) is 17.0 Å². The third-order valence-corrected chi connectivity index (χ3v) is 6.86. The maximum absolute atomic E-state index is 13.4. The normalized spacial score (nSPS) is 12.6. The highest BCUT2D eigenvalue weighted by Gasteiger charge is 2.34. The van der Waals surface area contributed by atoms with Gasteiger partial charge in [0.25, 0.3) is 11.8 Å². The highest BCUT2D eigenvalue weighted by Crippen LogP contribution is 2.24. The summed E-state index contributed by atoms with van der Waals surface area (Å²) < 4.78 is 21.0. The monoisotopic (exact) mass is 510 g/mol. The largest absolute Gasteiger partial charge is 0.423 e.